The predicted octanol–water partition coefficient (Wildman–Crippen LogP) is 0.712. The fourth-order valence-corrected chi connectivity index (χ4v) is 1.59. The molecule has 0 saturated carbocycles. The molecule has 0 aliphatic carbocycles. The second kappa shape index (κ2) is 8.31. The minimum absolute atomic E-state index is 0.0339. The summed E-state index contributed by atoms with van der Waals surface area (Å²) in [5.41, 5.74) is 1.85. The molecule has 0 aliphatic rings. The van der Waals surface area contributed by atoms with Crippen LogP contribution in [-0.4, -0.2) is 51.3 Å². The highest BCUT2D eigenvalue weighted by Gasteiger charge is 2.07. The number of ether oxygens (including phenoxy) is 1. The summed E-state index contributed by atoms with van der Waals surface area (Å²) in [4.78, 5) is 17.7. The minimum Gasteiger partial charge on any atom is -0.384 e. The molecule has 1 heterocycles. The van der Waals surface area contributed by atoms with Crippen LogP contribution < -0.4 is 15.5 Å². The molecular formula is C13H22N4O2. The average molecular weight is 266 g/mol. The third kappa shape index (κ3) is 5.56. The van der Waals surface area contributed by atoms with E-state index in [0.29, 0.717) is 19.7 Å². The van der Waals surface area contributed by atoms with E-state index in [1.165, 1.54) is 0 Å². The molecule has 0 fully saturated rings. The summed E-state index contributed by atoms with van der Waals surface area (Å²) in [6.07, 6.45) is 3.50. The third-order valence-electron chi connectivity index (χ3n) is 2.55. The van der Waals surface area contributed by atoms with Gasteiger partial charge in [-0.1, -0.05) is 0 Å². The number of nitrogens with zero attached hydrogens (tertiary/aromatic N) is 2. The molecule has 2 N–H and O–H groups in total. The van der Waals surface area contributed by atoms with E-state index in [1.807, 2.05) is 24.9 Å². The first-order valence-corrected chi connectivity index (χ1v) is 6.33. The molecule has 1 aromatic heterocycles. The summed E-state index contributed by atoms with van der Waals surface area (Å²) in [6, 6.07) is 1.97. The lowest BCUT2D eigenvalue weighted by Gasteiger charge is -2.19. The van der Waals surface area contributed by atoms with Crippen LogP contribution in [0.25, 0.3) is 0 Å². The lowest BCUT2D eigenvalue weighted by molar-refractivity contribution is -0.119. The minimum atomic E-state index is -0.0339. The topological polar surface area (TPSA) is 66.5 Å². The van der Waals surface area contributed by atoms with Crippen molar-refractivity contribution in [2.24, 2.45) is 0 Å². The van der Waals surface area contributed by atoms with Crippen molar-refractivity contribution in [3.63, 3.8) is 0 Å². The number of nitrogens with one attached hydrogen (secondary N) is 2. The molecular weight excluding hydrogens is 244 g/mol. The van der Waals surface area contributed by atoms with Crippen LogP contribution in [0.1, 0.15) is 6.92 Å². The van der Waals surface area contributed by atoms with Gasteiger partial charge in [0.05, 0.1) is 36.9 Å². The zero-order valence-electron chi connectivity index (χ0n) is 11.8. The van der Waals surface area contributed by atoms with Crippen LogP contribution in [0, 0.1) is 0 Å². The molecule has 0 radical (unpaired) electrons. The SMILES string of the molecule is CCNc1cncc(N(C)CC(=O)NCCOC)c1. The Morgan fingerprint density at radius 3 is 2.95 bits per heavy atom. The average Bonchev–Trinajstić information content (AvgIpc) is 2.39. The Hall–Kier alpha value is -1.82. The van der Waals surface area contributed by atoms with Crippen molar-refractivity contribution in [2.45, 2.75) is 6.92 Å². The second-order valence-corrected chi connectivity index (χ2v) is 4.16. The first kappa shape index (κ1) is 15.2. The van der Waals surface area contributed by atoms with Crippen LogP contribution >= 0.6 is 0 Å². The maximum Gasteiger partial charge on any atom is 0.239 e. The number of carbonyl (C=O) groups is 1. The Morgan fingerprint density at radius 2 is 2.26 bits per heavy atom. The number of carbonyl (C=O) groups excluding carboxylic acids is 1. The van der Waals surface area contributed by atoms with Gasteiger partial charge in [0, 0.05) is 27.2 Å². The van der Waals surface area contributed by atoms with E-state index in [-0.39, 0.29) is 5.91 Å². The molecule has 19 heavy (non-hydrogen) atoms. The number of likely N-dealkylation sites (N-methyl/N-ethyl adjacent to an activating group) is 1. The smallest absolute Gasteiger partial charge is 0.239 e. The van der Waals surface area contributed by atoms with E-state index >= 15 is 0 Å². The number of amides is 1. The number of rotatable bonds is 8. The maximum absolute atomic E-state index is 11.7. The number of anilines is 2. The number of methoxy groups -OCH3 is 1. The lowest BCUT2D eigenvalue weighted by atomic mass is 10.3. The molecule has 0 aromatic carbocycles. The molecule has 6 nitrogen and oxygen atoms in total. The van der Waals surface area contributed by atoms with Gasteiger partial charge >= 0.3 is 0 Å². The van der Waals surface area contributed by atoms with E-state index in [1.54, 1.807) is 19.5 Å². The Balaban J connectivity index is 2.50. The van der Waals surface area contributed by atoms with Gasteiger partial charge < -0.3 is 20.3 Å². The van der Waals surface area contributed by atoms with Gasteiger partial charge in [0.2, 0.25) is 5.91 Å². The monoisotopic (exact) mass is 266 g/mol. The standard InChI is InChI=1S/C13H22N4O2/c1-4-15-11-7-12(9-14-8-11)17(2)10-13(18)16-5-6-19-3/h7-9,15H,4-6,10H2,1-3H3,(H,16,18). The molecule has 1 amide bonds. The van der Waals surface area contributed by atoms with Crippen molar-refractivity contribution < 1.29 is 9.53 Å². The van der Waals surface area contributed by atoms with Gasteiger partial charge in [-0.15, -0.1) is 0 Å². The predicted molar refractivity (Wildman–Crippen MR) is 76.6 cm³/mol. The molecule has 0 atom stereocenters. The molecule has 1 rings (SSSR count). The van der Waals surface area contributed by atoms with E-state index in [0.717, 1.165) is 17.9 Å². The third-order valence-corrected chi connectivity index (χ3v) is 2.55. The van der Waals surface area contributed by atoms with Gasteiger partial charge in [-0.25, -0.2) is 0 Å². The Kier molecular flexibility index (Phi) is 6.67. The van der Waals surface area contributed by atoms with E-state index in [9.17, 15) is 4.79 Å². The Bertz CT molecular complexity index is 398. The molecule has 0 aliphatic heterocycles. The van der Waals surface area contributed by atoms with Crippen molar-refractivity contribution in [3.8, 4) is 0 Å². The normalized spacial score (nSPS) is 10.1. The van der Waals surface area contributed by atoms with Crippen LogP contribution in [0.2, 0.25) is 0 Å². The largest absolute Gasteiger partial charge is 0.384 e. The first-order valence-electron chi connectivity index (χ1n) is 6.33. The Morgan fingerprint density at radius 1 is 1.47 bits per heavy atom. The van der Waals surface area contributed by atoms with Gasteiger partial charge in [-0.05, 0) is 13.0 Å². The number of pyridine rings is 1. The van der Waals surface area contributed by atoms with Crippen molar-refractivity contribution in [2.75, 3.05) is 50.6 Å². The summed E-state index contributed by atoms with van der Waals surface area (Å²) in [5, 5.41) is 5.97. The summed E-state index contributed by atoms with van der Waals surface area (Å²) < 4.78 is 4.88. The lowest BCUT2D eigenvalue weighted by Crippen LogP contribution is -2.36. The second-order valence-electron chi connectivity index (χ2n) is 4.16. The highest BCUT2D eigenvalue weighted by atomic mass is 16.5. The van der Waals surface area contributed by atoms with Gasteiger partial charge in [0.15, 0.2) is 0 Å². The summed E-state index contributed by atoms with van der Waals surface area (Å²) >= 11 is 0. The van der Waals surface area contributed by atoms with Crippen molar-refractivity contribution >= 4 is 17.3 Å². The quantitative estimate of drug-likeness (QED) is 0.678. The molecule has 106 valence electrons. The summed E-state index contributed by atoms with van der Waals surface area (Å²) in [5.74, 6) is -0.0339. The summed E-state index contributed by atoms with van der Waals surface area (Å²) in [6.45, 7) is 4.21. The van der Waals surface area contributed by atoms with Crippen LogP contribution in [0.3, 0.4) is 0 Å². The zero-order valence-corrected chi connectivity index (χ0v) is 11.8. The molecule has 1 aromatic rings. The number of aromatic nitrogens is 1. The van der Waals surface area contributed by atoms with Crippen LogP contribution in [0.4, 0.5) is 11.4 Å². The highest BCUT2D eigenvalue weighted by Crippen LogP contribution is 2.15. The zero-order chi connectivity index (χ0) is 14.1. The van der Waals surface area contributed by atoms with E-state index in [4.69, 9.17) is 4.74 Å². The molecule has 0 spiro atoms. The van der Waals surface area contributed by atoms with Crippen molar-refractivity contribution in [3.05, 3.63) is 18.5 Å². The Labute approximate surface area is 114 Å². The molecule has 0 bridgehead atoms. The molecule has 6 heteroatoms. The first-order chi connectivity index (χ1) is 9.17. The van der Waals surface area contributed by atoms with E-state index < -0.39 is 0 Å². The van der Waals surface area contributed by atoms with Crippen LogP contribution in [-0.2, 0) is 9.53 Å². The maximum atomic E-state index is 11.7. The molecule has 0 saturated heterocycles. The van der Waals surface area contributed by atoms with Gasteiger partial charge in [0.1, 0.15) is 0 Å². The number of hydrogen-bond acceptors (Lipinski definition) is 5. The molecule has 0 unspecified atom stereocenters. The highest BCUT2D eigenvalue weighted by molar-refractivity contribution is 5.81. The fourth-order valence-electron chi connectivity index (χ4n) is 1.59. The fraction of sp³-hybridized carbons (Fsp3) is 0.538. The van der Waals surface area contributed by atoms with Crippen LogP contribution in [0.15, 0.2) is 18.5 Å². The van der Waals surface area contributed by atoms with Crippen molar-refractivity contribution in [1.29, 1.82) is 0 Å². The number of hydrogen-bond donors (Lipinski definition) is 2. The summed E-state index contributed by atoms with van der Waals surface area (Å²) in [7, 11) is 3.47. The van der Waals surface area contributed by atoms with Gasteiger partial charge in [-0.3, -0.25) is 9.78 Å². The van der Waals surface area contributed by atoms with Crippen LogP contribution in [0.5, 0.6) is 0 Å². The van der Waals surface area contributed by atoms with Gasteiger partial charge in [-0.2, -0.15) is 0 Å². The van der Waals surface area contributed by atoms with Crippen molar-refractivity contribution in [1.82, 2.24) is 10.3 Å². The van der Waals surface area contributed by atoms with E-state index in [2.05, 4.69) is 15.6 Å². The van der Waals surface area contributed by atoms with Gasteiger partial charge in [0.25, 0.3) is 0 Å².